The summed E-state index contributed by atoms with van der Waals surface area (Å²) in [6.07, 6.45) is 0.00231. The first kappa shape index (κ1) is 12.9. The van der Waals surface area contributed by atoms with Crippen LogP contribution < -0.4 is 34.7 Å². The van der Waals surface area contributed by atoms with Crippen molar-refractivity contribution >= 4 is 11.9 Å². The Morgan fingerprint density at radius 1 is 1.69 bits per heavy atom. The predicted molar refractivity (Wildman–Crippen MR) is 36.8 cm³/mol. The molecule has 1 N–H and O–H groups in total. The first-order valence-electron chi connectivity index (χ1n) is 3.74. The number of hydrogen-bond acceptors (Lipinski definition) is 4. The summed E-state index contributed by atoms with van der Waals surface area (Å²) in [5.41, 5.74) is 0. The predicted octanol–water partition coefficient (Wildman–Crippen LogP) is -5.42. The van der Waals surface area contributed by atoms with Crippen molar-refractivity contribution in [3.8, 4) is 0 Å². The van der Waals surface area contributed by atoms with Crippen molar-refractivity contribution in [1.82, 2.24) is 4.90 Å². The van der Waals surface area contributed by atoms with Gasteiger partial charge in [-0.1, -0.05) is 0 Å². The number of nitrogens with zero attached hydrogens (tertiary/aromatic N) is 1. The van der Waals surface area contributed by atoms with Crippen LogP contribution in [0.4, 0.5) is 0 Å². The van der Waals surface area contributed by atoms with Gasteiger partial charge in [0.1, 0.15) is 0 Å². The quantitative estimate of drug-likeness (QED) is 0.456. The number of carbonyl (C=O) groups excluding carboxylic acids is 2. The Labute approximate surface area is 98.0 Å². The summed E-state index contributed by atoms with van der Waals surface area (Å²) in [5.74, 6) is -2.12. The number of rotatable bonds is 3. The summed E-state index contributed by atoms with van der Waals surface area (Å²) in [6, 6.07) is 0. The number of aliphatic hydroxyl groups is 1. The van der Waals surface area contributed by atoms with Gasteiger partial charge in [-0.25, -0.2) is 0 Å². The molecule has 1 atom stereocenters. The second kappa shape index (κ2) is 5.59. The van der Waals surface area contributed by atoms with Crippen LogP contribution >= 0.6 is 0 Å². The van der Waals surface area contributed by atoms with Crippen LogP contribution in [-0.2, 0) is 9.59 Å². The number of carboxylic acids is 1. The average Bonchev–Trinajstić information content (AvgIpc) is 2.34. The first-order valence-corrected chi connectivity index (χ1v) is 3.74. The van der Waals surface area contributed by atoms with Gasteiger partial charge in [-0.05, 0) is 0 Å². The molecular formula is C7H10NNaO4. The Morgan fingerprint density at radius 3 is 2.69 bits per heavy atom. The molecule has 0 aromatic carbocycles. The second-order valence-electron chi connectivity index (χ2n) is 2.78. The zero-order valence-electron chi connectivity index (χ0n) is 7.52. The standard InChI is InChI=1S/C7H11NO4.Na/c9-2-1-8-4-5(7(11)12)3-6(8)10;/h5,9H,1-4H2,(H,11,12);/q;+1/p-1. The normalized spacial score (nSPS) is 21.5. The molecule has 0 aromatic heterocycles. The molecule has 0 spiro atoms. The van der Waals surface area contributed by atoms with E-state index in [9.17, 15) is 14.7 Å². The number of aliphatic carboxylic acids is 1. The van der Waals surface area contributed by atoms with Gasteiger partial charge in [0, 0.05) is 31.4 Å². The van der Waals surface area contributed by atoms with Crippen LogP contribution in [0.2, 0.25) is 0 Å². The molecule has 1 amide bonds. The monoisotopic (exact) mass is 195 g/mol. The van der Waals surface area contributed by atoms with Crippen LogP contribution in [0.3, 0.4) is 0 Å². The minimum Gasteiger partial charge on any atom is -0.550 e. The maximum atomic E-state index is 11.0. The zero-order valence-corrected chi connectivity index (χ0v) is 9.52. The van der Waals surface area contributed by atoms with Gasteiger partial charge in [0.15, 0.2) is 0 Å². The third-order valence-corrected chi connectivity index (χ3v) is 1.92. The molecule has 6 heteroatoms. The van der Waals surface area contributed by atoms with Crippen molar-refractivity contribution in [3.05, 3.63) is 0 Å². The Morgan fingerprint density at radius 2 is 2.31 bits per heavy atom. The van der Waals surface area contributed by atoms with E-state index in [1.807, 2.05) is 0 Å². The largest absolute Gasteiger partial charge is 1.00 e. The van der Waals surface area contributed by atoms with Crippen LogP contribution in [0.1, 0.15) is 6.42 Å². The van der Waals surface area contributed by atoms with Crippen molar-refractivity contribution < 1.29 is 49.4 Å². The van der Waals surface area contributed by atoms with E-state index in [4.69, 9.17) is 5.11 Å². The van der Waals surface area contributed by atoms with E-state index in [0.29, 0.717) is 0 Å². The molecule has 68 valence electrons. The topological polar surface area (TPSA) is 80.7 Å². The van der Waals surface area contributed by atoms with E-state index in [2.05, 4.69) is 0 Å². The summed E-state index contributed by atoms with van der Waals surface area (Å²) in [7, 11) is 0. The molecular weight excluding hydrogens is 185 g/mol. The van der Waals surface area contributed by atoms with E-state index in [-0.39, 0.29) is 61.6 Å². The molecule has 0 aromatic rings. The summed E-state index contributed by atoms with van der Waals surface area (Å²) in [4.78, 5) is 22.7. The number of β-amino-alcohol motifs (C(OH)–C–C–N with tert-alkyl or cyclic N) is 1. The fourth-order valence-corrected chi connectivity index (χ4v) is 1.27. The second-order valence-corrected chi connectivity index (χ2v) is 2.78. The van der Waals surface area contributed by atoms with Gasteiger partial charge < -0.3 is 19.9 Å². The fraction of sp³-hybridized carbons (Fsp3) is 0.714. The summed E-state index contributed by atoms with van der Waals surface area (Å²) < 4.78 is 0. The Bertz CT molecular complexity index is 209. The van der Waals surface area contributed by atoms with Crippen LogP contribution in [0, 0.1) is 5.92 Å². The van der Waals surface area contributed by atoms with Gasteiger partial charge in [-0.15, -0.1) is 0 Å². The van der Waals surface area contributed by atoms with Crippen LogP contribution in [0.15, 0.2) is 0 Å². The number of aliphatic hydroxyl groups excluding tert-OH is 1. The summed E-state index contributed by atoms with van der Waals surface area (Å²) in [6.45, 7) is 0.246. The van der Waals surface area contributed by atoms with E-state index in [0.717, 1.165) is 0 Å². The van der Waals surface area contributed by atoms with Gasteiger partial charge in [-0.2, -0.15) is 0 Å². The molecule has 1 unspecified atom stereocenters. The van der Waals surface area contributed by atoms with Crippen LogP contribution in [0.5, 0.6) is 0 Å². The molecule has 0 saturated carbocycles. The van der Waals surface area contributed by atoms with Gasteiger partial charge in [0.25, 0.3) is 0 Å². The van der Waals surface area contributed by atoms with Gasteiger partial charge in [-0.3, -0.25) is 4.79 Å². The Kier molecular flexibility index (Phi) is 5.55. The summed E-state index contributed by atoms with van der Waals surface area (Å²) in [5, 5.41) is 18.9. The number of hydrogen-bond donors (Lipinski definition) is 1. The molecule has 13 heavy (non-hydrogen) atoms. The SMILES string of the molecule is O=C([O-])C1CC(=O)N(CCO)C1.[Na+]. The third-order valence-electron chi connectivity index (χ3n) is 1.92. The van der Waals surface area contributed by atoms with E-state index in [1.165, 1.54) is 4.90 Å². The maximum Gasteiger partial charge on any atom is 1.00 e. The fourth-order valence-electron chi connectivity index (χ4n) is 1.27. The van der Waals surface area contributed by atoms with Crippen molar-refractivity contribution in [1.29, 1.82) is 0 Å². The zero-order chi connectivity index (χ0) is 9.14. The number of carbonyl (C=O) groups is 2. The van der Waals surface area contributed by atoms with Crippen molar-refractivity contribution in [2.45, 2.75) is 6.42 Å². The molecule has 1 rings (SSSR count). The first-order chi connectivity index (χ1) is 5.65. The minimum atomic E-state index is -1.19. The molecule has 1 aliphatic heterocycles. The molecule has 5 nitrogen and oxygen atoms in total. The molecule has 1 fully saturated rings. The molecule has 0 bridgehead atoms. The van der Waals surface area contributed by atoms with E-state index >= 15 is 0 Å². The number of carboxylic acid groups (broad SMARTS) is 1. The Hall–Kier alpha value is -0.100. The van der Waals surface area contributed by atoms with Crippen LogP contribution in [0.25, 0.3) is 0 Å². The van der Waals surface area contributed by atoms with Crippen LogP contribution in [-0.4, -0.2) is 41.6 Å². The summed E-state index contributed by atoms with van der Waals surface area (Å²) >= 11 is 0. The number of likely N-dealkylation sites (tertiary alicyclic amines) is 1. The minimum absolute atomic E-state index is 0. The number of amides is 1. The molecule has 1 heterocycles. The molecule has 1 aliphatic rings. The maximum absolute atomic E-state index is 11.0. The van der Waals surface area contributed by atoms with Gasteiger partial charge >= 0.3 is 29.6 Å². The van der Waals surface area contributed by atoms with Crippen molar-refractivity contribution in [3.63, 3.8) is 0 Å². The molecule has 1 saturated heterocycles. The van der Waals surface area contributed by atoms with Gasteiger partial charge in [0.2, 0.25) is 5.91 Å². The van der Waals surface area contributed by atoms with Crippen molar-refractivity contribution in [2.24, 2.45) is 5.92 Å². The smallest absolute Gasteiger partial charge is 0.550 e. The molecule has 0 radical (unpaired) electrons. The van der Waals surface area contributed by atoms with E-state index in [1.54, 1.807) is 0 Å². The van der Waals surface area contributed by atoms with Gasteiger partial charge in [0.05, 0.1) is 6.61 Å². The van der Waals surface area contributed by atoms with Crippen molar-refractivity contribution in [2.75, 3.05) is 19.7 Å². The average molecular weight is 195 g/mol. The Balaban J connectivity index is 0.00000144. The third kappa shape index (κ3) is 3.27. The molecule has 0 aliphatic carbocycles. The van der Waals surface area contributed by atoms with E-state index < -0.39 is 11.9 Å².